The van der Waals surface area contributed by atoms with Crippen LogP contribution in [0.15, 0.2) is 48.5 Å². The summed E-state index contributed by atoms with van der Waals surface area (Å²) in [5.41, 5.74) is 5.83. The van der Waals surface area contributed by atoms with Gasteiger partial charge in [-0.25, -0.2) is 4.39 Å². The third-order valence-electron chi connectivity index (χ3n) is 6.60. The molecule has 190 valence electrons. The van der Waals surface area contributed by atoms with Gasteiger partial charge < -0.3 is 10.2 Å². The van der Waals surface area contributed by atoms with Gasteiger partial charge in [-0.2, -0.15) is 13.2 Å². The Morgan fingerprint density at radius 3 is 2.44 bits per heavy atom. The van der Waals surface area contributed by atoms with Crippen LogP contribution in [0.1, 0.15) is 45.7 Å². The highest BCUT2D eigenvalue weighted by Gasteiger charge is 2.41. The van der Waals surface area contributed by atoms with Crippen molar-refractivity contribution in [3.63, 3.8) is 0 Å². The van der Waals surface area contributed by atoms with Crippen LogP contribution >= 0.6 is 0 Å². The van der Waals surface area contributed by atoms with Crippen LogP contribution in [-0.2, 0) is 6.54 Å². The van der Waals surface area contributed by atoms with E-state index >= 15 is 0 Å². The molecule has 1 aliphatic rings. The number of amides is 1. The summed E-state index contributed by atoms with van der Waals surface area (Å²) in [6.45, 7) is 6.08. The lowest BCUT2D eigenvalue weighted by atomic mass is 9.95. The van der Waals surface area contributed by atoms with E-state index in [9.17, 15) is 22.4 Å². The Morgan fingerprint density at radius 2 is 1.78 bits per heavy atom. The van der Waals surface area contributed by atoms with Crippen LogP contribution in [0.2, 0.25) is 0 Å². The van der Waals surface area contributed by atoms with E-state index in [1.165, 1.54) is 18.2 Å². The van der Waals surface area contributed by atoms with Gasteiger partial charge in [0.05, 0.1) is 5.92 Å². The summed E-state index contributed by atoms with van der Waals surface area (Å²) in [7, 11) is 0. The average Bonchev–Trinajstić information content (AvgIpc) is 2.81. The van der Waals surface area contributed by atoms with Crippen LogP contribution < -0.4 is 10.2 Å². The van der Waals surface area contributed by atoms with Crippen LogP contribution in [0, 0.1) is 32.5 Å². The minimum absolute atomic E-state index is 0.0864. The Hall–Kier alpha value is -3.42. The van der Waals surface area contributed by atoms with E-state index < -0.39 is 17.9 Å². The Morgan fingerprint density at radius 1 is 1.06 bits per heavy atom. The summed E-state index contributed by atoms with van der Waals surface area (Å²) < 4.78 is 53.7. The molecule has 0 aliphatic carbocycles. The molecule has 1 atom stereocenters. The van der Waals surface area contributed by atoms with Gasteiger partial charge in [0, 0.05) is 42.3 Å². The molecule has 1 saturated heterocycles. The quantitative estimate of drug-likeness (QED) is 0.407. The number of alkyl halides is 3. The topological polar surface area (TPSA) is 45.2 Å². The minimum Gasteiger partial charge on any atom is -0.371 e. The maximum atomic E-state index is 13.5. The normalized spacial score (nSPS) is 16.2. The number of carbonyl (C=O) groups excluding carboxylic acids is 1. The van der Waals surface area contributed by atoms with E-state index in [0.717, 1.165) is 28.1 Å². The highest BCUT2D eigenvalue weighted by atomic mass is 19.4. The highest BCUT2D eigenvalue weighted by molar-refractivity contribution is 5.95. The Balaban J connectivity index is 1.66. The van der Waals surface area contributed by atoms with Crippen molar-refractivity contribution in [3.8, 4) is 11.1 Å². The number of nitrogens with zero attached hydrogens (tertiary/aromatic N) is 2. The fourth-order valence-corrected chi connectivity index (χ4v) is 4.83. The first kappa shape index (κ1) is 25.7. The molecule has 0 radical (unpaired) electrons. The highest BCUT2D eigenvalue weighted by Crippen LogP contribution is 2.36. The molecular weight excluding hydrogens is 470 g/mol. The first-order valence-electron chi connectivity index (χ1n) is 12.0. The SMILES string of the molecule is Cc1cc(-c2ccc(N3CCCC(C(F)(F)F)C3)cc2CNC(=O)c2ccc(F)cc2C)cc(C)n1. The van der Waals surface area contributed by atoms with E-state index in [4.69, 9.17) is 0 Å². The Kier molecular flexibility index (Phi) is 7.33. The van der Waals surface area contributed by atoms with Crippen LogP contribution in [0.25, 0.3) is 11.1 Å². The number of aromatic nitrogens is 1. The van der Waals surface area contributed by atoms with Crippen molar-refractivity contribution in [2.24, 2.45) is 5.92 Å². The second-order valence-electron chi connectivity index (χ2n) is 9.45. The summed E-state index contributed by atoms with van der Waals surface area (Å²) in [4.78, 5) is 19.1. The molecule has 1 fully saturated rings. The molecule has 8 heteroatoms. The van der Waals surface area contributed by atoms with Gasteiger partial charge in [-0.3, -0.25) is 9.78 Å². The number of carbonyl (C=O) groups is 1. The van der Waals surface area contributed by atoms with E-state index in [1.807, 2.05) is 44.2 Å². The smallest absolute Gasteiger partial charge is 0.371 e. The number of rotatable bonds is 5. The van der Waals surface area contributed by atoms with Crippen LogP contribution in [0.5, 0.6) is 0 Å². The summed E-state index contributed by atoms with van der Waals surface area (Å²) >= 11 is 0. The van der Waals surface area contributed by atoms with Gasteiger partial charge in [0.1, 0.15) is 5.82 Å². The van der Waals surface area contributed by atoms with Gasteiger partial charge in [0.25, 0.3) is 5.91 Å². The fourth-order valence-electron chi connectivity index (χ4n) is 4.83. The summed E-state index contributed by atoms with van der Waals surface area (Å²) in [6.07, 6.45) is -3.63. The standard InChI is InChI=1S/C28H29F4N3O/c1-17-11-23(29)6-8-25(17)27(36)33-15-21-14-24(35-10-4-5-22(16-35)28(30,31)32)7-9-26(21)20-12-18(2)34-19(3)13-20/h6-9,11-14,22H,4-5,10,15-16H2,1-3H3,(H,33,36). The number of hydrogen-bond acceptors (Lipinski definition) is 3. The monoisotopic (exact) mass is 499 g/mol. The summed E-state index contributed by atoms with van der Waals surface area (Å²) in [6, 6.07) is 13.5. The number of anilines is 1. The Bertz CT molecular complexity index is 1250. The van der Waals surface area contributed by atoms with Gasteiger partial charge in [0.15, 0.2) is 0 Å². The molecule has 2 aromatic carbocycles. The summed E-state index contributed by atoms with van der Waals surface area (Å²) in [5.74, 6) is -2.12. The van der Waals surface area contributed by atoms with Crippen LogP contribution in [0.3, 0.4) is 0 Å². The first-order chi connectivity index (χ1) is 17.0. The molecule has 36 heavy (non-hydrogen) atoms. The van der Waals surface area contributed by atoms with Gasteiger partial charge in [0.2, 0.25) is 0 Å². The third kappa shape index (κ3) is 5.86. The van der Waals surface area contributed by atoms with Crippen molar-refractivity contribution in [1.29, 1.82) is 0 Å². The molecule has 4 nitrogen and oxygen atoms in total. The zero-order valence-electron chi connectivity index (χ0n) is 20.5. The van der Waals surface area contributed by atoms with Gasteiger partial charge in [-0.15, -0.1) is 0 Å². The number of pyridine rings is 1. The van der Waals surface area contributed by atoms with Gasteiger partial charge >= 0.3 is 6.18 Å². The van der Waals surface area contributed by atoms with Gasteiger partial charge in [-0.05, 0) is 98.3 Å². The minimum atomic E-state index is -4.23. The van der Waals surface area contributed by atoms with Crippen molar-refractivity contribution < 1.29 is 22.4 Å². The number of benzene rings is 2. The largest absolute Gasteiger partial charge is 0.393 e. The maximum Gasteiger partial charge on any atom is 0.393 e. The molecule has 1 unspecified atom stereocenters. The van der Waals surface area contributed by atoms with E-state index in [1.54, 1.807) is 11.8 Å². The lowest BCUT2D eigenvalue weighted by molar-refractivity contribution is -0.175. The number of piperidine rings is 1. The number of halogens is 4. The molecule has 4 rings (SSSR count). The molecule has 0 spiro atoms. The zero-order valence-corrected chi connectivity index (χ0v) is 20.5. The second-order valence-corrected chi connectivity index (χ2v) is 9.45. The lowest BCUT2D eigenvalue weighted by Gasteiger charge is -2.35. The van der Waals surface area contributed by atoms with Gasteiger partial charge in [-0.1, -0.05) is 6.07 Å². The molecule has 1 aliphatic heterocycles. The molecule has 0 saturated carbocycles. The second kappa shape index (κ2) is 10.3. The molecule has 1 amide bonds. The van der Waals surface area contributed by atoms with Crippen molar-refractivity contribution in [2.75, 3.05) is 18.0 Å². The van der Waals surface area contributed by atoms with Crippen LogP contribution in [-0.4, -0.2) is 30.2 Å². The number of aryl methyl sites for hydroxylation is 3. The molecule has 2 heterocycles. The zero-order chi connectivity index (χ0) is 26.0. The van der Waals surface area contributed by atoms with Crippen molar-refractivity contribution >= 4 is 11.6 Å². The molecule has 3 aromatic rings. The van der Waals surface area contributed by atoms with Crippen LogP contribution in [0.4, 0.5) is 23.2 Å². The number of hydrogen-bond donors (Lipinski definition) is 1. The van der Waals surface area contributed by atoms with Crippen molar-refractivity contribution in [1.82, 2.24) is 10.3 Å². The molecular formula is C28H29F4N3O. The van der Waals surface area contributed by atoms with Crippen molar-refractivity contribution in [3.05, 3.63) is 82.4 Å². The predicted molar refractivity (Wildman–Crippen MR) is 132 cm³/mol. The predicted octanol–water partition coefficient (Wildman–Crippen LogP) is 6.52. The number of nitrogens with one attached hydrogen (secondary N) is 1. The molecule has 0 bridgehead atoms. The Labute approximate surface area is 208 Å². The fraction of sp³-hybridized carbons (Fsp3) is 0.357. The first-order valence-corrected chi connectivity index (χ1v) is 12.0. The van der Waals surface area contributed by atoms with E-state index in [-0.39, 0.29) is 25.4 Å². The molecule has 1 N–H and O–H groups in total. The maximum absolute atomic E-state index is 13.5. The van der Waals surface area contributed by atoms with E-state index in [2.05, 4.69) is 10.3 Å². The van der Waals surface area contributed by atoms with E-state index in [0.29, 0.717) is 29.8 Å². The average molecular weight is 500 g/mol. The molecule has 1 aromatic heterocycles. The lowest BCUT2D eigenvalue weighted by Crippen LogP contribution is -2.41. The van der Waals surface area contributed by atoms with Crippen molar-refractivity contribution in [2.45, 2.75) is 46.3 Å². The summed E-state index contributed by atoms with van der Waals surface area (Å²) in [5, 5.41) is 2.90. The third-order valence-corrected chi connectivity index (χ3v) is 6.60.